The Morgan fingerprint density at radius 3 is 1.00 bits per heavy atom. The van der Waals surface area contributed by atoms with Gasteiger partial charge in [0.1, 0.15) is 23.3 Å². The van der Waals surface area contributed by atoms with E-state index in [1.807, 2.05) is 122 Å². The normalized spacial score (nSPS) is 12.1. The van der Waals surface area contributed by atoms with Gasteiger partial charge in [0, 0.05) is 45.4 Å². The van der Waals surface area contributed by atoms with Gasteiger partial charge in [-0.15, -0.1) is 0 Å². The third kappa shape index (κ3) is 8.06. The molecule has 0 unspecified atom stereocenters. The summed E-state index contributed by atoms with van der Waals surface area (Å²) in [4.78, 5) is 3.66. The molecule has 0 radical (unpaired) electrons. The second-order valence-electron chi connectivity index (χ2n) is 21.0. The average Bonchev–Trinajstić information content (AvgIpc) is 3.31. The van der Waals surface area contributed by atoms with Crippen LogP contribution in [0.5, 0.6) is 0 Å². The van der Waals surface area contributed by atoms with Gasteiger partial charge in [-0.3, -0.25) is 0 Å². The van der Waals surface area contributed by atoms with Crippen molar-refractivity contribution in [2.75, 3.05) is 9.80 Å². The van der Waals surface area contributed by atoms with E-state index in [-0.39, 0.29) is 22.5 Å². The first-order valence-electron chi connectivity index (χ1n) is 23.9. The number of aryl methyl sites for hydroxylation is 4. The molecule has 0 amide bonds. The molecule has 0 saturated carbocycles. The first-order valence-corrected chi connectivity index (χ1v) is 30.9. The van der Waals surface area contributed by atoms with E-state index in [9.17, 15) is 0 Å². The molecular formula is C62H56F4N2Si2. The van der Waals surface area contributed by atoms with Gasteiger partial charge in [-0.1, -0.05) is 147 Å². The van der Waals surface area contributed by atoms with Crippen LogP contribution in [0.25, 0.3) is 54.6 Å². The van der Waals surface area contributed by atoms with Crippen LogP contribution >= 0.6 is 0 Å². The molecule has 2 nitrogen and oxygen atoms in total. The summed E-state index contributed by atoms with van der Waals surface area (Å²) in [6.07, 6.45) is 0. The summed E-state index contributed by atoms with van der Waals surface area (Å²) in [6.45, 7) is 21.4. The fraction of sp³-hybridized carbons (Fsp3) is 0.161. The molecule has 10 rings (SSSR count). The first-order chi connectivity index (χ1) is 33.3. The van der Waals surface area contributed by atoms with Gasteiger partial charge in [-0.05, 0) is 131 Å². The van der Waals surface area contributed by atoms with Crippen molar-refractivity contribution < 1.29 is 17.6 Å². The first kappa shape index (κ1) is 46.7. The molecule has 0 aromatic heterocycles. The minimum absolute atomic E-state index is 0.0822. The molecule has 350 valence electrons. The van der Waals surface area contributed by atoms with Crippen LogP contribution in [-0.4, -0.2) is 16.1 Å². The van der Waals surface area contributed by atoms with E-state index >= 15 is 17.6 Å². The molecule has 0 fully saturated rings. The van der Waals surface area contributed by atoms with Crippen molar-refractivity contribution in [3.63, 3.8) is 0 Å². The highest BCUT2D eigenvalue weighted by Gasteiger charge is 2.28. The van der Waals surface area contributed by atoms with Crippen LogP contribution in [0.1, 0.15) is 22.3 Å². The molecule has 0 aliphatic rings. The molecule has 0 atom stereocenters. The number of anilines is 6. The topological polar surface area (TPSA) is 6.48 Å². The second kappa shape index (κ2) is 17.4. The molecule has 0 heterocycles. The lowest BCUT2D eigenvalue weighted by Crippen LogP contribution is -2.37. The Kier molecular flexibility index (Phi) is 11.6. The summed E-state index contributed by atoms with van der Waals surface area (Å²) in [5, 5.41) is 7.85. The standard InChI is InChI=1S/C62H56F4N2Si2/c1-37-13-11-14-38(2)59(37)49-33-53(65)57(35-51(49)63)67(43-21-25-45(26-22-43)69(5,6)7)55-31-19-41-18-30-48-56(32-20-42-17-29-47(55)61(41)62(42)48)68(44-23-27-46(28-24-44)70(8,9)10)58-36-52(64)50(34-54(58)66)60-39(3)15-12-16-40(60)4/h11-36H,1-10H3. The maximum Gasteiger partial charge on any atom is 0.148 e. The lowest BCUT2D eigenvalue weighted by atomic mass is 9.91. The summed E-state index contributed by atoms with van der Waals surface area (Å²) in [5.41, 5.74) is 8.09. The van der Waals surface area contributed by atoms with Crippen LogP contribution in [0.2, 0.25) is 39.3 Å². The van der Waals surface area contributed by atoms with E-state index in [2.05, 4.69) is 87.8 Å². The minimum Gasteiger partial charge on any atom is -0.307 e. The smallest absolute Gasteiger partial charge is 0.148 e. The number of halogens is 4. The van der Waals surface area contributed by atoms with Gasteiger partial charge in [0.2, 0.25) is 0 Å². The Hall–Kier alpha value is -7.01. The van der Waals surface area contributed by atoms with E-state index in [0.29, 0.717) is 33.9 Å². The maximum atomic E-state index is 17.2. The van der Waals surface area contributed by atoms with Gasteiger partial charge >= 0.3 is 0 Å². The molecule has 8 heteroatoms. The second-order valence-corrected chi connectivity index (χ2v) is 31.1. The van der Waals surface area contributed by atoms with Crippen LogP contribution < -0.4 is 20.2 Å². The summed E-state index contributed by atoms with van der Waals surface area (Å²) in [5.74, 6) is -2.17. The molecule has 70 heavy (non-hydrogen) atoms. The molecule has 10 aromatic carbocycles. The van der Waals surface area contributed by atoms with Crippen molar-refractivity contribution in [1.29, 1.82) is 0 Å². The van der Waals surface area contributed by atoms with Crippen molar-refractivity contribution in [3.8, 4) is 22.3 Å². The van der Waals surface area contributed by atoms with Crippen LogP contribution in [0, 0.1) is 51.0 Å². The molecule has 10 aromatic rings. The Morgan fingerprint density at radius 1 is 0.343 bits per heavy atom. The zero-order valence-electron chi connectivity index (χ0n) is 41.4. The Labute approximate surface area is 410 Å². The third-order valence-corrected chi connectivity index (χ3v) is 18.3. The van der Waals surface area contributed by atoms with Gasteiger partial charge < -0.3 is 9.80 Å². The fourth-order valence-electron chi connectivity index (χ4n) is 10.5. The Bertz CT molecular complexity index is 3380. The summed E-state index contributed by atoms with van der Waals surface area (Å²) >= 11 is 0. The fourth-order valence-corrected chi connectivity index (χ4v) is 12.8. The van der Waals surface area contributed by atoms with Gasteiger partial charge in [-0.2, -0.15) is 0 Å². The quantitative estimate of drug-likeness (QED) is 0.0766. The number of benzene rings is 10. The number of nitrogens with zero attached hydrogens (tertiary/aromatic N) is 2. The molecule has 0 saturated heterocycles. The predicted molar refractivity (Wildman–Crippen MR) is 295 cm³/mol. The zero-order chi connectivity index (χ0) is 49.6. The van der Waals surface area contributed by atoms with E-state index < -0.39 is 39.4 Å². The number of rotatable bonds is 10. The minimum atomic E-state index is -1.72. The predicted octanol–water partition coefficient (Wildman–Crippen LogP) is 17.7. The average molecular weight is 961 g/mol. The van der Waals surface area contributed by atoms with Crippen molar-refractivity contribution in [3.05, 3.63) is 203 Å². The number of hydrogen-bond acceptors (Lipinski definition) is 2. The largest absolute Gasteiger partial charge is 0.307 e. The highest BCUT2D eigenvalue weighted by Crippen LogP contribution is 2.49. The van der Waals surface area contributed by atoms with Gasteiger partial charge in [0.15, 0.2) is 0 Å². The summed E-state index contributed by atoms with van der Waals surface area (Å²) < 4.78 is 67.9. The van der Waals surface area contributed by atoms with Gasteiger partial charge in [-0.25, -0.2) is 17.6 Å². The molecule has 0 spiro atoms. The summed E-state index contributed by atoms with van der Waals surface area (Å²) in [6, 6.07) is 49.5. The van der Waals surface area contributed by atoms with E-state index in [1.54, 1.807) is 0 Å². The molecule has 0 aliphatic heterocycles. The van der Waals surface area contributed by atoms with E-state index in [4.69, 9.17) is 0 Å². The zero-order valence-corrected chi connectivity index (χ0v) is 43.4. The van der Waals surface area contributed by atoms with E-state index in [0.717, 1.165) is 54.6 Å². The van der Waals surface area contributed by atoms with Crippen LogP contribution in [0.15, 0.2) is 158 Å². The molecular weight excluding hydrogens is 905 g/mol. The van der Waals surface area contributed by atoms with Crippen LogP contribution in [-0.2, 0) is 0 Å². The van der Waals surface area contributed by atoms with E-state index in [1.165, 1.54) is 34.6 Å². The Balaban J connectivity index is 1.21. The SMILES string of the molecule is Cc1cccc(C)c1-c1cc(F)c(N(c2ccc([Si](C)(C)C)cc2)c2ccc3ccc4c(N(c5ccc([Si](C)(C)C)cc5)c5cc(F)c(-c6c(C)cccc6C)cc5F)ccc5ccc2c3c54)cc1F. The van der Waals surface area contributed by atoms with Crippen molar-refractivity contribution in [2.24, 2.45) is 0 Å². The highest BCUT2D eigenvalue weighted by atomic mass is 28.3. The van der Waals surface area contributed by atoms with Gasteiger partial charge in [0.05, 0.1) is 38.9 Å². The maximum absolute atomic E-state index is 17.2. The van der Waals surface area contributed by atoms with Crippen molar-refractivity contribution in [1.82, 2.24) is 0 Å². The van der Waals surface area contributed by atoms with Gasteiger partial charge in [0.25, 0.3) is 0 Å². The third-order valence-electron chi connectivity index (χ3n) is 14.1. The molecule has 0 bridgehead atoms. The van der Waals surface area contributed by atoms with Crippen LogP contribution in [0.3, 0.4) is 0 Å². The van der Waals surface area contributed by atoms with Crippen molar-refractivity contribution >= 4 is 93.0 Å². The highest BCUT2D eigenvalue weighted by molar-refractivity contribution is 6.89. The molecule has 0 aliphatic carbocycles. The van der Waals surface area contributed by atoms with Crippen LogP contribution in [0.4, 0.5) is 51.7 Å². The van der Waals surface area contributed by atoms with Crippen molar-refractivity contribution in [2.45, 2.75) is 67.0 Å². The lowest BCUT2D eigenvalue weighted by molar-refractivity contribution is 0.604. The summed E-state index contributed by atoms with van der Waals surface area (Å²) in [7, 11) is -3.44. The lowest BCUT2D eigenvalue weighted by Gasteiger charge is -2.30. The monoisotopic (exact) mass is 960 g/mol. The Morgan fingerprint density at radius 2 is 0.671 bits per heavy atom. The molecule has 0 N–H and O–H groups in total. The number of hydrogen-bond donors (Lipinski definition) is 0.